The first-order valence-electron chi connectivity index (χ1n) is 6.79. The molecule has 2 unspecified atom stereocenters. The van der Waals surface area contributed by atoms with Crippen LogP contribution < -0.4 is 5.32 Å². The molecule has 0 aliphatic heterocycles. The first kappa shape index (κ1) is 14.7. The molecule has 1 N–H and O–H groups in total. The third-order valence-corrected chi connectivity index (χ3v) is 4.45. The highest BCUT2D eigenvalue weighted by Crippen LogP contribution is 2.33. The van der Waals surface area contributed by atoms with Gasteiger partial charge in [0.15, 0.2) is 0 Å². The van der Waals surface area contributed by atoms with Crippen molar-refractivity contribution in [3.8, 4) is 0 Å². The summed E-state index contributed by atoms with van der Waals surface area (Å²) in [6, 6.07) is 3.62. The van der Waals surface area contributed by atoms with Crippen LogP contribution in [0, 0.1) is 17.6 Å². The summed E-state index contributed by atoms with van der Waals surface area (Å²) in [5.74, 6) is 0.113. The minimum atomic E-state index is -0.534. The molecular formula is C15H20ClF2N. The minimum absolute atomic E-state index is 0.0952. The summed E-state index contributed by atoms with van der Waals surface area (Å²) in [5.41, 5.74) is 0.530. The van der Waals surface area contributed by atoms with Crippen LogP contribution in [0.25, 0.3) is 0 Å². The lowest BCUT2D eigenvalue weighted by atomic mass is 9.77. The highest BCUT2D eigenvalue weighted by molar-refractivity contribution is 6.18. The van der Waals surface area contributed by atoms with E-state index in [0.717, 1.165) is 25.3 Å². The SMILES string of the molecule is CC1CCCC(CCl)(NCc2cc(F)cc(F)c2)C1. The maximum atomic E-state index is 13.1. The van der Waals surface area contributed by atoms with Crippen molar-refractivity contribution in [2.45, 2.75) is 44.7 Å². The molecule has 2 rings (SSSR count). The molecule has 0 spiro atoms. The Balaban J connectivity index is 2.03. The van der Waals surface area contributed by atoms with Gasteiger partial charge >= 0.3 is 0 Å². The molecule has 1 fully saturated rings. The Bertz CT molecular complexity index is 418. The summed E-state index contributed by atoms with van der Waals surface area (Å²) >= 11 is 6.12. The number of benzene rings is 1. The van der Waals surface area contributed by atoms with Crippen LogP contribution in [0.5, 0.6) is 0 Å². The van der Waals surface area contributed by atoms with E-state index in [-0.39, 0.29) is 5.54 Å². The second-order valence-corrected chi connectivity index (χ2v) is 6.01. The van der Waals surface area contributed by atoms with Crippen LogP contribution in [-0.2, 0) is 6.54 Å². The summed E-state index contributed by atoms with van der Waals surface area (Å²) in [5, 5.41) is 3.42. The Morgan fingerprint density at radius 1 is 1.32 bits per heavy atom. The van der Waals surface area contributed by atoms with Gasteiger partial charge in [0.1, 0.15) is 11.6 Å². The average Bonchev–Trinajstić information content (AvgIpc) is 2.35. The molecule has 4 heteroatoms. The van der Waals surface area contributed by atoms with Gasteiger partial charge in [0.2, 0.25) is 0 Å². The monoisotopic (exact) mass is 287 g/mol. The molecule has 1 aromatic rings. The smallest absolute Gasteiger partial charge is 0.126 e. The van der Waals surface area contributed by atoms with Crippen molar-refractivity contribution < 1.29 is 8.78 Å². The topological polar surface area (TPSA) is 12.0 Å². The zero-order valence-corrected chi connectivity index (χ0v) is 11.9. The van der Waals surface area contributed by atoms with Crippen LogP contribution in [0.1, 0.15) is 38.2 Å². The van der Waals surface area contributed by atoms with E-state index in [1.54, 1.807) is 0 Å². The molecule has 1 saturated carbocycles. The normalized spacial score (nSPS) is 27.5. The number of rotatable bonds is 4. The summed E-state index contributed by atoms with van der Waals surface area (Å²) in [6.45, 7) is 2.68. The zero-order valence-electron chi connectivity index (χ0n) is 11.2. The lowest BCUT2D eigenvalue weighted by Gasteiger charge is -2.39. The van der Waals surface area contributed by atoms with E-state index >= 15 is 0 Å². The fraction of sp³-hybridized carbons (Fsp3) is 0.600. The van der Waals surface area contributed by atoms with E-state index in [1.165, 1.54) is 18.6 Å². The highest BCUT2D eigenvalue weighted by atomic mass is 35.5. The van der Waals surface area contributed by atoms with Gasteiger partial charge in [-0.1, -0.05) is 19.8 Å². The fourth-order valence-electron chi connectivity index (χ4n) is 2.99. The van der Waals surface area contributed by atoms with Crippen molar-refractivity contribution in [2.75, 3.05) is 5.88 Å². The summed E-state index contributed by atoms with van der Waals surface area (Å²) < 4.78 is 26.3. The third-order valence-electron chi connectivity index (χ3n) is 3.94. The van der Waals surface area contributed by atoms with Crippen LogP contribution in [0.15, 0.2) is 18.2 Å². The van der Waals surface area contributed by atoms with Crippen LogP contribution in [0.3, 0.4) is 0 Å². The standard InChI is InChI=1S/C15H20ClF2N/c1-11-3-2-4-15(8-11,10-16)19-9-12-5-13(17)7-14(18)6-12/h5-7,11,19H,2-4,8-10H2,1H3. The van der Waals surface area contributed by atoms with Gasteiger partial charge in [0, 0.05) is 24.0 Å². The minimum Gasteiger partial charge on any atom is -0.306 e. The van der Waals surface area contributed by atoms with Crippen molar-refractivity contribution in [3.63, 3.8) is 0 Å². The fourth-order valence-corrected chi connectivity index (χ4v) is 3.33. The van der Waals surface area contributed by atoms with E-state index in [1.807, 2.05) is 0 Å². The lowest BCUT2D eigenvalue weighted by Crippen LogP contribution is -2.49. The van der Waals surface area contributed by atoms with E-state index in [4.69, 9.17) is 11.6 Å². The number of nitrogens with one attached hydrogen (secondary N) is 1. The number of alkyl halides is 1. The van der Waals surface area contributed by atoms with Gasteiger partial charge in [-0.25, -0.2) is 8.78 Å². The molecule has 0 amide bonds. The van der Waals surface area contributed by atoms with Crippen molar-refractivity contribution in [1.29, 1.82) is 0 Å². The Labute approximate surface area is 118 Å². The molecule has 1 aromatic carbocycles. The Morgan fingerprint density at radius 2 is 2.00 bits per heavy atom. The van der Waals surface area contributed by atoms with Gasteiger partial charge in [-0.05, 0) is 36.5 Å². The molecule has 0 aromatic heterocycles. The summed E-state index contributed by atoms with van der Waals surface area (Å²) in [7, 11) is 0. The molecule has 1 nitrogen and oxygen atoms in total. The lowest BCUT2D eigenvalue weighted by molar-refractivity contribution is 0.207. The van der Waals surface area contributed by atoms with Crippen molar-refractivity contribution >= 4 is 11.6 Å². The molecule has 1 aliphatic carbocycles. The number of hydrogen-bond donors (Lipinski definition) is 1. The molecule has 1 aliphatic rings. The zero-order chi connectivity index (χ0) is 13.9. The maximum absolute atomic E-state index is 13.1. The van der Waals surface area contributed by atoms with Crippen LogP contribution in [0.2, 0.25) is 0 Å². The van der Waals surface area contributed by atoms with Crippen LogP contribution in [0.4, 0.5) is 8.78 Å². The van der Waals surface area contributed by atoms with Gasteiger partial charge in [-0.15, -0.1) is 11.6 Å². The van der Waals surface area contributed by atoms with Gasteiger partial charge in [-0.2, -0.15) is 0 Å². The molecule has 0 bridgehead atoms. The molecule has 0 heterocycles. The van der Waals surface area contributed by atoms with E-state index in [9.17, 15) is 8.78 Å². The van der Waals surface area contributed by atoms with E-state index in [2.05, 4.69) is 12.2 Å². The predicted octanol–water partition coefficient (Wildman–Crippen LogP) is 4.24. The molecule has 2 atom stereocenters. The summed E-state index contributed by atoms with van der Waals surface area (Å²) in [6.07, 6.45) is 4.43. The molecular weight excluding hydrogens is 268 g/mol. The first-order valence-corrected chi connectivity index (χ1v) is 7.32. The van der Waals surface area contributed by atoms with Gasteiger partial charge in [0.25, 0.3) is 0 Å². The largest absolute Gasteiger partial charge is 0.306 e. The van der Waals surface area contributed by atoms with Gasteiger partial charge < -0.3 is 5.32 Å². The van der Waals surface area contributed by atoms with Crippen LogP contribution in [-0.4, -0.2) is 11.4 Å². The van der Waals surface area contributed by atoms with E-state index < -0.39 is 11.6 Å². The number of halogens is 3. The molecule has 106 valence electrons. The number of hydrogen-bond acceptors (Lipinski definition) is 1. The van der Waals surface area contributed by atoms with Gasteiger partial charge in [0.05, 0.1) is 0 Å². The maximum Gasteiger partial charge on any atom is 0.126 e. The average molecular weight is 288 g/mol. The van der Waals surface area contributed by atoms with E-state index in [0.29, 0.717) is 23.9 Å². The molecule has 19 heavy (non-hydrogen) atoms. The Hall–Kier alpha value is -0.670. The molecule has 0 radical (unpaired) electrons. The first-order chi connectivity index (χ1) is 9.03. The second-order valence-electron chi connectivity index (χ2n) is 5.75. The van der Waals surface area contributed by atoms with Crippen LogP contribution >= 0.6 is 11.6 Å². The quantitative estimate of drug-likeness (QED) is 0.817. The molecule has 0 saturated heterocycles. The highest BCUT2D eigenvalue weighted by Gasteiger charge is 2.33. The van der Waals surface area contributed by atoms with Crippen molar-refractivity contribution in [3.05, 3.63) is 35.4 Å². The Morgan fingerprint density at radius 3 is 2.58 bits per heavy atom. The van der Waals surface area contributed by atoms with Gasteiger partial charge in [-0.3, -0.25) is 0 Å². The van der Waals surface area contributed by atoms with Crippen molar-refractivity contribution in [2.24, 2.45) is 5.92 Å². The third kappa shape index (κ3) is 3.90. The summed E-state index contributed by atoms with van der Waals surface area (Å²) in [4.78, 5) is 0. The van der Waals surface area contributed by atoms with Crippen molar-refractivity contribution in [1.82, 2.24) is 5.32 Å². The Kier molecular flexibility index (Phi) is 4.80. The predicted molar refractivity (Wildman–Crippen MR) is 74.3 cm³/mol. The second kappa shape index (κ2) is 6.19.